The maximum Gasteiger partial charge on any atom is 0.326 e. The third-order valence-electron chi connectivity index (χ3n) is 6.14. The fraction of sp³-hybridized carbons (Fsp3) is 0.346. The van der Waals surface area contributed by atoms with E-state index in [4.69, 9.17) is 15.8 Å². The summed E-state index contributed by atoms with van der Waals surface area (Å²) in [6.07, 6.45) is 6.57. The van der Waals surface area contributed by atoms with Gasteiger partial charge in [0.15, 0.2) is 5.78 Å². The lowest BCUT2D eigenvalue weighted by Crippen LogP contribution is -2.26. The number of nitrogens with zero attached hydrogens (tertiary/aromatic N) is 1. The molecule has 1 heterocycles. The highest BCUT2D eigenvalue weighted by Crippen LogP contribution is 2.29. The number of aromatic amines is 2. The molecule has 1 aliphatic rings. The van der Waals surface area contributed by atoms with E-state index in [-0.39, 0.29) is 46.5 Å². The van der Waals surface area contributed by atoms with Gasteiger partial charge in [-0.05, 0) is 56.0 Å². The summed E-state index contributed by atoms with van der Waals surface area (Å²) in [5, 5.41) is 26.3. The van der Waals surface area contributed by atoms with Crippen LogP contribution in [0.1, 0.15) is 62.2 Å². The molecule has 0 spiro atoms. The van der Waals surface area contributed by atoms with E-state index in [1.165, 1.54) is 6.08 Å². The largest absolute Gasteiger partial charge is 0.493 e. The number of ketones is 1. The fourth-order valence-corrected chi connectivity index (χ4v) is 3.60. The minimum Gasteiger partial charge on any atom is -0.493 e. The Bertz CT molecular complexity index is 1260. The van der Waals surface area contributed by atoms with Crippen molar-refractivity contribution in [1.29, 1.82) is 10.8 Å². The molecule has 34 heavy (non-hydrogen) atoms. The van der Waals surface area contributed by atoms with E-state index in [1.54, 1.807) is 13.0 Å². The molecule has 2 aromatic rings. The van der Waals surface area contributed by atoms with Crippen LogP contribution in [0.15, 0.2) is 45.7 Å². The van der Waals surface area contributed by atoms with Crippen molar-refractivity contribution < 1.29 is 9.90 Å². The van der Waals surface area contributed by atoms with Crippen molar-refractivity contribution in [1.82, 2.24) is 9.97 Å². The number of hydrogen-bond acceptors (Lipinski definition) is 6. The first kappa shape index (κ1) is 24.8. The molecule has 8 nitrogen and oxygen atoms in total. The van der Waals surface area contributed by atoms with Crippen LogP contribution < -0.4 is 5.69 Å². The lowest BCUT2D eigenvalue weighted by atomic mass is 9.83. The Labute approximate surface area is 198 Å². The van der Waals surface area contributed by atoms with E-state index in [0.29, 0.717) is 5.56 Å². The van der Waals surface area contributed by atoms with Crippen molar-refractivity contribution in [3.05, 3.63) is 63.2 Å². The first-order valence-electron chi connectivity index (χ1n) is 11.3. The van der Waals surface area contributed by atoms with Crippen molar-refractivity contribution in [2.75, 3.05) is 0 Å². The summed E-state index contributed by atoms with van der Waals surface area (Å²) in [7, 11) is 0. The Morgan fingerprint density at radius 1 is 1.18 bits per heavy atom. The van der Waals surface area contributed by atoms with Crippen molar-refractivity contribution >= 4 is 35.1 Å². The molecule has 1 aromatic carbocycles. The van der Waals surface area contributed by atoms with E-state index in [1.807, 2.05) is 45.0 Å². The van der Waals surface area contributed by atoms with Crippen LogP contribution in [0.25, 0.3) is 11.6 Å². The second kappa shape index (κ2) is 10.4. The van der Waals surface area contributed by atoms with E-state index in [9.17, 15) is 14.7 Å². The minimum atomic E-state index is -0.561. The van der Waals surface area contributed by atoms with Gasteiger partial charge >= 0.3 is 5.69 Å². The summed E-state index contributed by atoms with van der Waals surface area (Å²) in [6.45, 7) is 7.45. The maximum absolute atomic E-state index is 11.8. The van der Waals surface area contributed by atoms with Crippen LogP contribution in [0, 0.1) is 22.7 Å². The molecule has 178 valence electrons. The lowest BCUT2D eigenvalue weighted by Gasteiger charge is -2.22. The maximum atomic E-state index is 11.8. The molecule has 0 aliphatic heterocycles. The highest BCUT2D eigenvalue weighted by Gasteiger charge is 2.27. The quantitative estimate of drug-likeness (QED) is 0.259. The molecule has 0 bridgehead atoms. The molecular weight excluding hydrogens is 430 g/mol. The van der Waals surface area contributed by atoms with Crippen LogP contribution in [-0.2, 0) is 0 Å². The van der Waals surface area contributed by atoms with E-state index < -0.39 is 5.69 Å². The number of aromatic nitrogens is 2. The number of nitrogens with one attached hydrogen (secondary N) is 4. The van der Waals surface area contributed by atoms with Crippen LogP contribution >= 0.6 is 0 Å². The predicted octanol–water partition coefficient (Wildman–Crippen LogP) is 4.64. The number of benzene rings is 1. The molecule has 5 N–H and O–H groups in total. The second-order valence-corrected chi connectivity index (χ2v) is 8.83. The van der Waals surface area contributed by atoms with Gasteiger partial charge in [0, 0.05) is 40.6 Å². The number of carbonyl (C=O) groups is 1. The van der Waals surface area contributed by atoms with Gasteiger partial charge in [0.05, 0.1) is 6.04 Å². The number of H-pyrrole nitrogens is 2. The molecule has 0 saturated heterocycles. The molecule has 3 rings (SSSR count). The molecular formula is C26H31N5O3. The number of allylic oxidation sites excluding steroid dienone is 3. The Kier molecular flexibility index (Phi) is 7.61. The molecule has 1 aromatic heterocycles. The van der Waals surface area contributed by atoms with Gasteiger partial charge in [-0.2, -0.15) is 0 Å². The summed E-state index contributed by atoms with van der Waals surface area (Å²) >= 11 is 0. The average molecular weight is 462 g/mol. The van der Waals surface area contributed by atoms with Crippen molar-refractivity contribution in [2.45, 2.75) is 46.6 Å². The third-order valence-corrected chi connectivity index (χ3v) is 6.14. The zero-order valence-electron chi connectivity index (χ0n) is 19.9. The van der Waals surface area contributed by atoms with Gasteiger partial charge in [-0.25, -0.2) is 4.79 Å². The standard InChI is InChI=1S/C26H31N5O3/c1-14(18-6-5-7-19(11-18)17(4)32)10-22(29-21-8-9-21)15(2)16(3)24(28)20(13-27)12-23-25(33)31-26(34)30-23/h5-7,10-13,15-16,21,27-28,33H,8-9H2,1-4H3,(H2,30,31,34)/b14-10+,20-12-,27-13?,28-24?,29-22?. The number of carbonyl (C=O) groups excluding carboxylic acids is 1. The Morgan fingerprint density at radius 2 is 1.85 bits per heavy atom. The van der Waals surface area contributed by atoms with Gasteiger partial charge in [0.1, 0.15) is 5.69 Å². The highest BCUT2D eigenvalue weighted by molar-refractivity contribution is 6.19. The number of hydrogen-bond donors (Lipinski definition) is 5. The fourth-order valence-electron chi connectivity index (χ4n) is 3.60. The number of Topliss-reactive ketones (excluding diaryl/α,β-unsaturated/α-hetero) is 1. The van der Waals surface area contributed by atoms with Crippen molar-refractivity contribution in [3.63, 3.8) is 0 Å². The minimum absolute atomic E-state index is 0.0118. The monoisotopic (exact) mass is 461 g/mol. The molecule has 0 radical (unpaired) electrons. The first-order chi connectivity index (χ1) is 16.1. The van der Waals surface area contributed by atoms with Gasteiger partial charge in [-0.3, -0.25) is 14.8 Å². The Morgan fingerprint density at radius 3 is 2.41 bits per heavy atom. The summed E-state index contributed by atoms with van der Waals surface area (Å²) in [4.78, 5) is 32.8. The predicted molar refractivity (Wildman–Crippen MR) is 136 cm³/mol. The Balaban J connectivity index is 1.90. The van der Waals surface area contributed by atoms with Gasteiger partial charge in [0.2, 0.25) is 5.88 Å². The normalized spacial score (nSPS) is 16.8. The van der Waals surface area contributed by atoms with Gasteiger partial charge in [0.25, 0.3) is 0 Å². The third kappa shape index (κ3) is 5.95. The topological polar surface area (TPSA) is 146 Å². The zero-order valence-corrected chi connectivity index (χ0v) is 19.9. The number of aliphatic imine (C=N–C) groups is 1. The molecule has 8 heteroatoms. The number of imidazole rings is 1. The van der Waals surface area contributed by atoms with Crippen LogP contribution in [0.3, 0.4) is 0 Å². The molecule has 1 aliphatic carbocycles. The van der Waals surface area contributed by atoms with Crippen LogP contribution in [0.4, 0.5) is 0 Å². The van der Waals surface area contributed by atoms with Crippen molar-refractivity contribution in [3.8, 4) is 5.88 Å². The van der Waals surface area contributed by atoms with E-state index in [2.05, 4.69) is 9.97 Å². The van der Waals surface area contributed by atoms with Gasteiger partial charge in [-0.1, -0.05) is 32.0 Å². The second-order valence-electron chi connectivity index (χ2n) is 8.83. The first-order valence-corrected chi connectivity index (χ1v) is 11.3. The van der Waals surface area contributed by atoms with Crippen LogP contribution in [0.5, 0.6) is 5.88 Å². The van der Waals surface area contributed by atoms with Gasteiger partial charge in [-0.15, -0.1) is 0 Å². The van der Waals surface area contributed by atoms with Crippen molar-refractivity contribution in [2.24, 2.45) is 16.8 Å². The van der Waals surface area contributed by atoms with Gasteiger partial charge < -0.3 is 20.9 Å². The molecule has 1 fully saturated rings. The summed E-state index contributed by atoms with van der Waals surface area (Å²) in [5.74, 6) is -0.732. The summed E-state index contributed by atoms with van der Waals surface area (Å²) in [5.41, 5.74) is 3.50. The van der Waals surface area contributed by atoms with E-state index in [0.717, 1.165) is 35.9 Å². The molecule has 2 unspecified atom stereocenters. The molecule has 0 amide bonds. The Hall–Kier alpha value is -3.81. The smallest absolute Gasteiger partial charge is 0.326 e. The number of rotatable bonds is 10. The van der Waals surface area contributed by atoms with E-state index >= 15 is 0 Å². The number of aromatic hydroxyl groups is 1. The average Bonchev–Trinajstić information content (AvgIpc) is 3.57. The lowest BCUT2D eigenvalue weighted by molar-refractivity contribution is 0.101. The SMILES string of the molecule is CC(=O)c1cccc(/C(C)=C/C(=NC2CC2)C(C)C(C)C(=N)/C(C=N)=C\c2[nH]c(=O)[nH]c2O)c1. The highest BCUT2D eigenvalue weighted by atomic mass is 16.3. The molecule has 1 saturated carbocycles. The molecule has 2 atom stereocenters. The zero-order chi connectivity index (χ0) is 25.0. The summed E-state index contributed by atoms with van der Waals surface area (Å²) < 4.78 is 0. The van der Waals surface area contributed by atoms with Crippen LogP contribution in [-0.4, -0.2) is 44.5 Å². The van der Waals surface area contributed by atoms with Crippen LogP contribution in [0.2, 0.25) is 0 Å². The summed E-state index contributed by atoms with van der Waals surface area (Å²) in [6, 6.07) is 7.78.